The molecule has 0 aliphatic carbocycles. The van der Waals surface area contributed by atoms with Gasteiger partial charge in [-0.05, 0) is 72.3 Å². The standard InChI is InChI=1S/C31H20BrCl2N3O4/c1-39-28-12-18(6-10-27(28)40-17-19-7-9-22(33)15-24(19)34)16-35-37-30(36-25-5-3-2-4-23(25)31(37)38)29-14-20-13-21(32)8-11-26(20)41-29/h2-16H,17H2,1H3. The highest BCUT2D eigenvalue weighted by molar-refractivity contribution is 9.10. The van der Waals surface area contributed by atoms with E-state index in [9.17, 15) is 4.79 Å². The van der Waals surface area contributed by atoms with Gasteiger partial charge in [-0.15, -0.1) is 0 Å². The molecule has 10 heteroatoms. The third kappa shape index (κ3) is 5.59. The van der Waals surface area contributed by atoms with Crippen LogP contribution in [0.4, 0.5) is 0 Å². The van der Waals surface area contributed by atoms with Gasteiger partial charge in [-0.1, -0.05) is 57.3 Å². The molecule has 41 heavy (non-hydrogen) atoms. The molecule has 6 rings (SSSR count). The van der Waals surface area contributed by atoms with Crippen molar-refractivity contribution >= 4 is 67.2 Å². The molecule has 0 aliphatic rings. The number of halogens is 3. The van der Waals surface area contributed by atoms with Crippen LogP contribution in [-0.4, -0.2) is 23.0 Å². The summed E-state index contributed by atoms with van der Waals surface area (Å²) >= 11 is 15.8. The van der Waals surface area contributed by atoms with Crippen LogP contribution in [-0.2, 0) is 6.61 Å². The van der Waals surface area contributed by atoms with E-state index in [-0.39, 0.29) is 18.0 Å². The van der Waals surface area contributed by atoms with Crippen molar-refractivity contribution in [3.05, 3.63) is 121 Å². The molecular formula is C31H20BrCl2N3O4. The second-order valence-corrected chi connectivity index (χ2v) is 10.8. The Morgan fingerprint density at radius 3 is 2.68 bits per heavy atom. The Morgan fingerprint density at radius 1 is 1.00 bits per heavy atom. The van der Waals surface area contributed by atoms with Crippen molar-refractivity contribution in [2.45, 2.75) is 6.61 Å². The summed E-state index contributed by atoms with van der Waals surface area (Å²) in [4.78, 5) is 18.3. The van der Waals surface area contributed by atoms with E-state index in [1.54, 1.807) is 55.8 Å². The van der Waals surface area contributed by atoms with Crippen molar-refractivity contribution in [3.63, 3.8) is 0 Å². The van der Waals surface area contributed by atoms with E-state index in [0.29, 0.717) is 49.4 Å². The molecule has 0 saturated carbocycles. The largest absolute Gasteiger partial charge is 0.493 e. The van der Waals surface area contributed by atoms with Gasteiger partial charge < -0.3 is 13.9 Å². The number of fused-ring (bicyclic) bond motifs is 2. The number of aromatic nitrogens is 2. The molecule has 0 bridgehead atoms. The van der Waals surface area contributed by atoms with Crippen LogP contribution in [0.1, 0.15) is 11.1 Å². The average Bonchev–Trinajstić information content (AvgIpc) is 3.39. The van der Waals surface area contributed by atoms with Gasteiger partial charge in [0, 0.05) is 25.5 Å². The maximum atomic E-state index is 13.6. The van der Waals surface area contributed by atoms with Gasteiger partial charge in [0.1, 0.15) is 12.2 Å². The average molecular weight is 649 g/mol. The van der Waals surface area contributed by atoms with Gasteiger partial charge in [0.2, 0.25) is 5.82 Å². The van der Waals surface area contributed by atoms with Gasteiger partial charge in [-0.25, -0.2) is 4.98 Å². The van der Waals surface area contributed by atoms with Crippen LogP contribution in [0, 0.1) is 0 Å². The Balaban J connectivity index is 1.36. The smallest absolute Gasteiger partial charge is 0.282 e. The highest BCUT2D eigenvalue weighted by atomic mass is 79.9. The van der Waals surface area contributed by atoms with Gasteiger partial charge in [0.05, 0.1) is 24.2 Å². The number of methoxy groups -OCH3 is 1. The number of hydrogen-bond donors (Lipinski definition) is 0. The fourth-order valence-corrected chi connectivity index (χ4v) is 5.16. The summed E-state index contributed by atoms with van der Waals surface area (Å²) < 4.78 is 19.7. The monoisotopic (exact) mass is 647 g/mol. The van der Waals surface area contributed by atoms with Crippen LogP contribution in [0.5, 0.6) is 11.5 Å². The summed E-state index contributed by atoms with van der Waals surface area (Å²) in [6.07, 6.45) is 1.56. The lowest BCUT2D eigenvalue weighted by molar-refractivity contribution is 0.284. The summed E-state index contributed by atoms with van der Waals surface area (Å²) in [5.41, 5.74) is 2.36. The Bertz CT molecular complexity index is 2020. The number of ether oxygens (including phenoxy) is 2. The second kappa shape index (κ2) is 11.4. The minimum atomic E-state index is -0.324. The van der Waals surface area contributed by atoms with Crippen LogP contribution in [0.25, 0.3) is 33.5 Å². The van der Waals surface area contributed by atoms with Gasteiger partial charge in [0.15, 0.2) is 17.3 Å². The molecule has 2 aromatic heterocycles. The molecule has 0 saturated heterocycles. The third-order valence-electron chi connectivity index (χ3n) is 6.36. The van der Waals surface area contributed by atoms with E-state index in [0.717, 1.165) is 15.4 Å². The Kier molecular flexibility index (Phi) is 7.53. The number of hydrogen-bond acceptors (Lipinski definition) is 6. The van der Waals surface area contributed by atoms with Crippen molar-refractivity contribution in [1.82, 2.24) is 9.66 Å². The fourth-order valence-electron chi connectivity index (χ4n) is 4.32. The zero-order valence-corrected chi connectivity index (χ0v) is 24.6. The van der Waals surface area contributed by atoms with Crippen molar-refractivity contribution in [3.8, 4) is 23.1 Å². The molecule has 6 aromatic rings. The number of benzene rings is 4. The lowest BCUT2D eigenvalue weighted by atomic mass is 10.2. The first kappa shape index (κ1) is 27.1. The first-order chi connectivity index (χ1) is 19.9. The van der Waals surface area contributed by atoms with Crippen LogP contribution in [0.3, 0.4) is 0 Å². The van der Waals surface area contributed by atoms with E-state index in [1.165, 1.54) is 4.68 Å². The van der Waals surface area contributed by atoms with Crippen LogP contribution >= 0.6 is 39.1 Å². The highest BCUT2D eigenvalue weighted by Crippen LogP contribution is 2.31. The predicted octanol–water partition coefficient (Wildman–Crippen LogP) is 8.35. The Hall–Kier alpha value is -4.11. The summed E-state index contributed by atoms with van der Waals surface area (Å²) in [5.74, 6) is 1.71. The summed E-state index contributed by atoms with van der Waals surface area (Å²) in [5, 5.41) is 6.91. The maximum absolute atomic E-state index is 13.6. The predicted molar refractivity (Wildman–Crippen MR) is 166 cm³/mol. The highest BCUT2D eigenvalue weighted by Gasteiger charge is 2.17. The summed E-state index contributed by atoms with van der Waals surface area (Å²) in [6.45, 7) is 0.232. The normalized spacial score (nSPS) is 11.5. The molecule has 7 nitrogen and oxygen atoms in total. The Labute approximate surface area is 252 Å². The molecule has 0 spiro atoms. The van der Waals surface area contributed by atoms with Gasteiger partial charge in [-0.2, -0.15) is 9.78 Å². The van der Waals surface area contributed by atoms with Crippen LogP contribution in [0.2, 0.25) is 10.0 Å². The molecular weight excluding hydrogens is 629 g/mol. The Morgan fingerprint density at radius 2 is 1.85 bits per heavy atom. The quantitative estimate of drug-likeness (QED) is 0.163. The minimum Gasteiger partial charge on any atom is -0.493 e. The molecule has 2 heterocycles. The van der Waals surface area contributed by atoms with E-state index >= 15 is 0 Å². The van der Waals surface area contributed by atoms with E-state index < -0.39 is 0 Å². The SMILES string of the molecule is COc1cc(C=Nn2c(-c3cc4cc(Br)ccc4o3)nc3ccccc3c2=O)ccc1OCc1ccc(Cl)cc1Cl. The number of rotatable bonds is 7. The molecule has 4 aromatic carbocycles. The number of nitrogens with zero attached hydrogens (tertiary/aromatic N) is 3. The molecule has 0 amide bonds. The van der Waals surface area contributed by atoms with Crippen molar-refractivity contribution in [2.75, 3.05) is 7.11 Å². The lowest BCUT2D eigenvalue weighted by Gasteiger charge is -2.12. The number of furan rings is 1. The second-order valence-electron chi connectivity index (χ2n) is 9.04. The molecule has 0 fully saturated rings. The van der Waals surface area contributed by atoms with Gasteiger partial charge >= 0.3 is 0 Å². The van der Waals surface area contributed by atoms with Gasteiger partial charge in [0.25, 0.3) is 5.56 Å². The fraction of sp³-hybridized carbons (Fsp3) is 0.0645. The molecule has 0 atom stereocenters. The lowest BCUT2D eigenvalue weighted by Crippen LogP contribution is -2.20. The molecule has 204 valence electrons. The molecule has 0 N–H and O–H groups in total. The third-order valence-corrected chi connectivity index (χ3v) is 7.44. The van der Waals surface area contributed by atoms with Crippen molar-refractivity contribution in [2.24, 2.45) is 5.10 Å². The first-order valence-corrected chi connectivity index (χ1v) is 13.9. The number of para-hydroxylation sites is 1. The zero-order chi connectivity index (χ0) is 28.5. The first-order valence-electron chi connectivity index (χ1n) is 12.4. The van der Waals surface area contributed by atoms with Crippen molar-refractivity contribution < 1.29 is 13.9 Å². The minimum absolute atomic E-state index is 0.232. The molecule has 0 unspecified atom stereocenters. The van der Waals surface area contributed by atoms with Crippen molar-refractivity contribution in [1.29, 1.82) is 0 Å². The van der Waals surface area contributed by atoms with Crippen LogP contribution < -0.4 is 15.0 Å². The molecule has 0 radical (unpaired) electrons. The van der Waals surface area contributed by atoms with E-state index in [4.69, 9.17) is 42.1 Å². The van der Waals surface area contributed by atoms with E-state index in [1.807, 2.05) is 42.5 Å². The zero-order valence-electron chi connectivity index (χ0n) is 21.5. The topological polar surface area (TPSA) is 78.9 Å². The van der Waals surface area contributed by atoms with Crippen LogP contribution in [0.15, 0.2) is 104 Å². The van der Waals surface area contributed by atoms with E-state index in [2.05, 4.69) is 21.0 Å². The summed E-state index contributed by atoms with van der Waals surface area (Å²) in [7, 11) is 1.55. The summed E-state index contributed by atoms with van der Waals surface area (Å²) in [6, 6.07) is 25.2. The maximum Gasteiger partial charge on any atom is 0.282 e. The molecule has 0 aliphatic heterocycles. The van der Waals surface area contributed by atoms with Gasteiger partial charge in [-0.3, -0.25) is 4.79 Å².